The van der Waals surface area contributed by atoms with E-state index in [-0.39, 0.29) is 12.1 Å². The van der Waals surface area contributed by atoms with Crippen molar-refractivity contribution in [3.63, 3.8) is 0 Å². The van der Waals surface area contributed by atoms with E-state index in [9.17, 15) is 4.79 Å². The van der Waals surface area contributed by atoms with E-state index in [1.54, 1.807) is 0 Å². The number of anilines is 3. The second-order valence-electron chi connectivity index (χ2n) is 9.45. The van der Waals surface area contributed by atoms with E-state index in [0.717, 1.165) is 39.3 Å². The Bertz CT molecular complexity index is 1520. The normalized spacial score (nSPS) is 17.6. The zero-order valence-electron chi connectivity index (χ0n) is 21.7. The van der Waals surface area contributed by atoms with Crippen molar-refractivity contribution < 1.29 is 19.0 Å². The first-order valence-corrected chi connectivity index (χ1v) is 13.1. The summed E-state index contributed by atoms with van der Waals surface area (Å²) in [5, 5.41) is 7.03. The molecule has 0 saturated heterocycles. The van der Waals surface area contributed by atoms with Crippen LogP contribution in [0, 0.1) is 0 Å². The highest BCUT2D eigenvalue weighted by Crippen LogP contribution is 2.59. The average Bonchev–Trinajstić information content (AvgIpc) is 3.22. The molecule has 2 aliphatic rings. The maximum atomic E-state index is 13.3. The molecule has 0 fully saturated rings. The summed E-state index contributed by atoms with van der Waals surface area (Å²) in [4.78, 5) is 13.3. The molecule has 2 unspecified atom stereocenters. The lowest BCUT2D eigenvalue weighted by Gasteiger charge is -2.38. The number of benzene rings is 4. The molecule has 0 bridgehead atoms. The summed E-state index contributed by atoms with van der Waals surface area (Å²) in [6.07, 6.45) is -0.191. The minimum Gasteiger partial charge on any atom is -0.456 e. The number of carbonyl (C=O) groups is 1. The van der Waals surface area contributed by atoms with Crippen molar-refractivity contribution in [1.82, 2.24) is 0 Å². The number of hydrogen-bond donors (Lipinski definition) is 2. The van der Waals surface area contributed by atoms with Crippen molar-refractivity contribution in [2.75, 3.05) is 23.8 Å². The number of esters is 1. The highest BCUT2D eigenvalue weighted by molar-refractivity contribution is 5.97. The van der Waals surface area contributed by atoms with Gasteiger partial charge < -0.3 is 24.8 Å². The van der Waals surface area contributed by atoms with Gasteiger partial charge in [0.25, 0.3) is 0 Å². The number of ether oxygens (including phenoxy) is 3. The van der Waals surface area contributed by atoms with Crippen LogP contribution in [-0.2, 0) is 15.1 Å². The van der Waals surface area contributed by atoms with E-state index in [0.29, 0.717) is 30.2 Å². The molecule has 6 heteroatoms. The standard InChI is InChI=1S/C32H30N2O4/c1-4-33-26-16-11-17-28-30(26)32(24-15-10-9-14-22(24)31(35)38-32)25-19-27(34-21-12-7-6-8-13-21)23(18-29(25)37-28)20(3)36-5-2/h6-20,33-34H,4-5H2,1-3H3. The van der Waals surface area contributed by atoms with Crippen molar-refractivity contribution >= 4 is 23.0 Å². The highest BCUT2D eigenvalue weighted by Gasteiger charge is 2.55. The smallest absolute Gasteiger partial charge is 0.340 e. The number of rotatable bonds is 7. The molecule has 1 spiro atoms. The molecule has 6 nitrogen and oxygen atoms in total. The molecule has 0 saturated carbocycles. The number of nitrogens with one attached hydrogen (secondary N) is 2. The van der Waals surface area contributed by atoms with Gasteiger partial charge in [-0.1, -0.05) is 42.5 Å². The van der Waals surface area contributed by atoms with Crippen LogP contribution < -0.4 is 15.4 Å². The maximum Gasteiger partial charge on any atom is 0.340 e. The fourth-order valence-electron chi connectivity index (χ4n) is 5.59. The first-order chi connectivity index (χ1) is 18.6. The number of para-hydroxylation sites is 1. The summed E-state index contributed by atoms with van der Waals surface area (Å²) in [5.74, 6) is 0.935. The Morgan fingerprint density at radius 3 is 2.45 bits per heavy atom. The van der Waals surface area contributed by atoms with Crippen molar-refractivity contribution in [3.05, 3.63) is 113 Å². The molecule has 6 rings (SSSR count). The number of carbonyl (C=O) groups excluding carboxylic acids is 1. The Morgan fingerprint density at radius 1 is 0.868 bits per heavy atom. The molecule has 0 radical (unpaired) electrons. The van der Waals surface area contributed by atoms with Crippen LogP contribution in [0.25, 0.3) is 0 Å². The fraction of sp³-hybridized carbons (Fsp3) is 0.219. The number of hydrogen-bond acceptors (Lipinski definition) is 6. The Morgan fingerprint density at radius 2 is 1.66 bits per heavy atom. The quantitative estimate of drug-likeness (QED) is 0.253. The van der Waals surface area contributed by atoms with Crippen LogP contribution in [0.2, 0.25) is 0 Å². The second kappa shape index (κ2) is 9.54. The summed E-state index contributed by atoms with van der Waals surface area (Å²) in [7, 11) is 0. The van der Waals surface area contributed by atoms with Gasteiger partial charge in [0, 0.05) is 46.9 Å². The first kappa shape index (κ1) is 24.1. The van der Waals surface area contributed by atoms with E-state index in [1.165, 1.54) is 0 Å². The van der Waals surface area contributed by atoms with E-state index in [2.05, 4.69) is 10.6 Å². The van der Waals surface area contributed by atoms with Crippen LogP contribution >= 0.6 is 0 Å². The second-order valence-corrected chi connectivity index (χ2v) is 9.45. The van der Waals surface area contributed by atoms with Gasteiger partial charge in [-0.15, -0.1) is 0 Å². The third-order valence-electron chi connectivity index (χ3n) is 7.18. The summed E-state index contributed by atoms with van der Waals surface area (Å²) in [5.41, 5.74) is 5.38. The third-order valence-corrected chi connectivity index (χ3v) is 7.18. The van der Waals surface area contributed by atoms with Crippen molar-refractivity contribution in [2.24, 2.45) is 0 Å². The Kier molecular flexibility index (Phi) is 6.04. The Labute approximate surface area is 222 Å². The molecule has 38 heavy (non-hydrogen) atoms. The summed E-state index contributed by atoms with van der Waals surface area (Å²) in [6, 6.07) is 27.6. The highest BCUT2D eigenvalue weighted by atomic mass is 16.6. The monoisotopic (exact) mass is 506 g/mol. The van der Waals surface area contributed by atoms with Crippen LogP contribution in [0.4, 0.5) is 17.1 Å². The van der Waals surface area contributed by atoms with E-state index >= 15 is 0 Å². The van der Waals surface area contributed by atoms with Gasteiger partial charge in [-0.2, -0.15) is 0 Å². The van der Waals surface area contributed by atoms with E-state index in [1.807, 2.05) is 106 Å². The van der Waals surface area contributed by atoms with Crippen LogP contribution in [-0.4, -0.2) is 19.1 Å². The minimum atomic E-state index is -1.17. The van der Waals surface area contributed by atoms with Gasteiger partial charge in [0.2, 0.25) is 0 Å². The summed E-state index contributed by atoms with van der Waals surface area (Å²) < 4.78 is 19.0. The maximum absolute atomic E-state index is 13.3. The first-order valence-electron chi connectivity index (χ1n) is 13.1. The molecule has 0 amide bonds. The molecule has 4 aromatic carbocycles. The van der Waals surface area contributed by atoms with Crippen LogP contribution in [0.5, 0.6) is 11.5 Å². The average molecular weight is 507 g/mol. The fourth-order valence-corrected chi connectivity index (χ4v) is 5.59. The number of fused-ring (bicyclic) bond motifs is 6. The van der Waals surface area contributed by atoms with Crippen LogP contribution in [0.1, 0.15) is 59.5 Å². The third kappa shape index (κ3) is 3.72. The van der Waals surface area contributed by atoms with Crippen LogP contribution in [0.15, 0.2) is 84.9 Å². The van der Waals surface area contributed by atoms with E-state index in [4.69, 9.17) is 14.2 Å². The zero-order chi connectivity index (χ0) is 26.3. The van der Waals surface area contributed by atoms with Gasteiger partial charge in [0.15, 0.2) is 5.60 Å². The molecule has 2 atom stereocenters. The molecule has 2 heterocycles. The van der Waals surface area contributed by atoms with Gasteiger partial charge in [-0.25, -0.2) is 4.79 Å². The minimum absolute atomic E-state index is 0.191. The van der Waals surface area contributed by atoms with Crippen molar-refractivity contribution in [1.29, 1.82) is 0 Å². The zero-order valence-corrected chi connectivity index (χ0v) is 21.7. The van der Waals surface area contributed by atoms with Crippen LogP contribution in [0.3, 0.4) is 0 Å². The van der Waals surface area contributed by atoms with Gasteiger partial charge in [-0.05, 0) is 63.2 Å². The lowest BCUT2D eigenvalue weighted by molar-refractivity contribution is 0.0226. The van der Waals surface area contributed by atoms with Gasteiger partial charge in [-0.3, -0.25) is 0 Å². The van der Waals surface area contributed by atoms with Gasteiger partial charge in [0.05, 0.1) is 17.2 Å². The summed E-state index contributed by atoms with van der Waals surface area (Å²) in [6.45, 7) is 7.34. The van der Waals surface area contributed by atoms with Crippen molar-refractivity contribution in [3.8, 4) is 11.5 Å². The van der Waals surface area contributed by atoms with Crippen molar-refractivity contribution in [2.45, 2.75) is 32.5 Å². The van der Waals surface area contributed by atoms with Gasteiger partial charge in [0.1, 0.15) is 11.5 Å². The predicted octanol–water partition coefficient (Wildman–Crippen LogP) is 7.53. The lowest BCUT2D eigenvalue weighted by atomic mass is 9.76. The molecule has 0 aliphatic carbocycles. The van der Waals surface area contributed by atoms with E-state index < -0.39 is 5.60 Å². The SMILES string of the molecule is CCNc1cccc2c1C1(OC(=O)c3ccccc31)c1cc(Nc3ccccc3)c(C(C)OCC)cc1O2. The molecular weight excluding hydrogens is 476 g/mol. The molecule has 2 N–H and O–H groups in total. The molecule has 2 aliphatic heterocycles. The Hall–Kier alpha value is -4.29. The summed E-state index contributed by atoms with van der Waals surface area (Å²) >= 11 is 0. The Balaban J connectivity index is 1.65. The lowest BCUT2D eigenvalue weighted by Crippen LogP contribution is -2.34. The molecule has 192 valence electrons. The molecular formula is C32H30N2O4. The molecule has 4 aromatic rings. The molecule has 0 aromatic heterocycles. The topological polar surface area (TPSA) is 68.8 Å². The van der Waals surface area contributed by atoms with Gasteiger partial charge >= 0.3 is 5.97 Å². The largest absolute Gasteiger partial charge is 0.456 e. The predicted molar refractivity (Wildman–Crippen MR) is 149 cm³/mol.